The van der Waals surface area contributed by atoms with Gasteiger partial charge < -0.3 is 16.0 Å². The van der Waals surface area contributed by atoms with E-state index in [9.17, 15) is 4.79 Å². The molecule has 0 radical (unpaired) electrons. The summed E-state index contributed by atoms with van der Waals surface area (Å²) in [6.45, 7) is 2.18. The summed E-state index contributed by atoms with van der Waals surface area (Å²) in [6, 6.07) is 4.37. The molecular weight excluding hydrogens is 258 g/mol. The molecule has 2 rings (SSSR count). The van der Waals surface area contributed by atoms with Crippen LogP contribution >= 0.6 is 11.8 Å². The van der Waals surface area contributed by atoms with Crippen molar-refractivity contribution >= 4 is 34.7 Å². The molecule has 19 heavy (non-hydrogen) atoms. The van der Waals surface area contributed by atoms with Crippen LogP contribution in [0.15, 0.2) is 12.1 Å². The fourth-order valence-electron chi connectivity index (χ4n) is 2.48. The van der Waals surface area contributed by atoms with E-state index in [2.05, 4.69) is 30.4 Å². The van der Waals surface area contributed by atoms with Gasteiger partial charge in [0.1, 0.15) is 0 Å². The second-order valence-electron chi connectivity index (χ2n) is 4.92. The van der Waals surface area contributed by atoms with Gasteiger partial charge in [0.2, 0.25) is 5.91 Å². The van der Waals surface area contributed by atoms with Gasteiger partial charge in [0.05, 0.1) is 17.8 Å². The molecule has 0 aliphatic carbocycles. The van der Waals surface area contributed by atoms with E-state index >= 15 is 0 Å². The fourth-order valence-corrected chi connectivity index (χ4v) is 3.32. The maximum atomic E-state index is 11.4. The number of fused-ring (bicyclic) bond motifs is 1. The number of anilines is 3. The average molecular weight is 279 g/mol. The minimum absolute atomic E-state index is 0.0466. The van der Waals surface area contributed by atoms with E-state index in [1.165, 1.54) is 0 Å². The van der Waals surface area contributed by atoms with Crippen LogP contribution < -0.4 is 16.0 Å². The maximum Gasteiger partial charge on any atom is 0.228 e. The highest BCUT2D eigenvalue weighted by molar-refractivity contribution is 7.98. The lowest BCUT2D eigenvalue weighted by Crippen LogP contribution is -2.33. The van der Waals surface area contributed by atoms with Crippen LogP contribution in [0.25, 0.3) is 0 Å². The van der Waals surface area contributed by atoms with Crippen molar-refractivity contribution in [1.82, 2.24) is 0 Å². The Morgan fingerprint density at radius 1 is 1.53 bits per heavy atom. The van der Waals surface area contributed by atoms with Gasteiger partial charge in [0, 0.05) is 24.5 Å². The van der Waals surface area contributed by atoms with Crippen LogP contribution in [0, 0.1) is 0 Å². The maximum absolute atomic E-state index is 11.4. The quantitative estimate of drug-likeness (QED) is 0.812. The summed E-state index contributed by atoms with van der Waals surface area (Å²) < 4.78 is 0. The van der Waals surface area contributed by atoms with Crippen molar-refractivity contribution in [2.75, 3.05) is 35.0 Å². The molecule has 4 nitrogen and oxygen atoms in total. The Bertz CT molecular complexity index is 490. The molecule has 1 aliphatic heterocycles. The first-order valence-electron chi connectivity index (χ1n) is 6.50. The largest absolute Gasteiger partial charge is 0.397 e. The molecule has 1 amide bonds. The first kappa shape index (κ1) is 14.1. The van der Waals surface area contributed by atoms with Crippen molar-refractivity contribution in [2.24, 2.45) is 0 Å². The van der Waals surface area contributed by atoms with Gasteiger partial charge in [-0.15, -0.1) is 0 Å². The number of thioether (sulfide) groups is 1. The van der Waals surface area contributed by atoms with E-state index in [0.29, 0.717) is 12.5 Å². The van der Waals surface area contributed by atoms with Crippen molar-refractivity contribution in [3.05, 3.63) is 17.7 Å². The van der Waals surface area contributed by atoms with Gasteiger partial charge in [-0.2, -0.15) is 11.8 Å². The van der Waals surface area contributed by atoms with Gasteiger partial charge in [-0.3, -0.25) is 4.79 Å². The smallest absolute Gasteiger partial charge is 0.228 e. The van der Waals surface area contributed by atoms with Crippen molar-refractivity contribution in [1.29, 1.82) is 0 Å². The molecule has 1 atom stereocenters. The normalized spacial score (nSPS) is 15.0. The molecule has 0 saturated heterocycles. The average Bonchev–Trinajstić information content (AvgIpc) is 2.73. The monoisotopic (exact) mass is 279 g/mol. The Morgan fingerprint density at radius 3 is 2.89 bits per heavy atom. The van der Waals surface area contributed by atoms with Gasteiger partial charge in [-0.05, 0) is 30.4 Å². The molecule has 0 saturated carbocycles. The predicted molar refractivity (Wildman–Crippen MR) is 84.1 cm³/mol. The van der Waals surface area contributed by atoms with E-state index in [4.69, 9.17) is 5.73 Å². The van der Waals surface area contributed by atoms with Gasteiger partial charge in [0.15, 0.2) is 0 Å². The Hall–Kier alpha value is -1.36. The standard InChI is InChI=1S/C14H21N3OS/c1-4-10(8-19-3)17(2)13-7-12-9(5-11(13)15)6-14(18)16-12/h5,7,10H,4,6,8,15H2,1-3H3,(H,16,18). The number of nitrogens with zero attached hydrogens (tertiary/aromatic N) is 1. The lowest BCUT2D eigenvalue weighted by molar-refractivity contribution is -0.115. The van der Waals surface area contributed by atoms with Crippen LogP contribution in [0.1, 0.15) is 18.9 Å². The molecule has 5 heteroatoms. The lowest BCUT2D eigenvalue weighted by atomic mass is 10.1. The molecule has 0 spiro atoms. The Morgan fingerprint density at radius 2 is 2.26 bits per heavy atom. The third-order valence-corrected chi connectivity index (χ3v) is 4.35. The summed E-state index contributed by atoms with van der Waals surface area (Å²) in [5.41, 5.74) is 9.79. The minimum atomic E-state index is 0.0466. The zero-order valence-electron chi connectivity index (χ0n) is 11.7. The number of carbonyl (C=O) groups excluding carboxylic acids is 1. The highest BCUT2D eigenvalue weighted by Crippen LogP contribution is 2.34. The summed E-state index contributed by atoms with van der Waals surface area (Å²) in [5, 5.41) is 2.88. The number of nitrogen functional groups attached to an aromatic ring is 1. The first-order chi connectivity index (χ1) is 9.06. The molecule has 1 heterocycles. The second-order valence-corrected chi connectivity index (χ2v) is 5.83. The highest BCUT2D eigenvalue weighted by Gasteiger charge is 2.22. The molecule has 3 N–H and O–H groups in total. The number of hydrogen-bond donors (Lipinski definition) is 2. The fraction of sp³-hybridized carbons (Fsp3) is 0.500. The van der Waals surface area contributed by atoms with Crippen LogP contribution in [0.3, 0.4) is 0 Å². The Kier molecular flexibility index (Phi) is 4.24. The number of amides is 1. The summed E-state index contributed by atoms with van der Waals surface area (Å²) >= 11 is 1.84. The molecule has 0 bridgehead atoms. The van der Waals surface area contributed by atoms with Crippen LogP contribution in [0.5, 0.6) is 0 Å². The SMILES string of the molecule is CCC(CSC)N(C)c1cc2c(cc1N)CC(=O)N2. The van der Waals surface area contributed by atoms with Gasteiger partial charge in [-0.1, -0.05) is 6.92 Å². The molecule has 104 valence electrons. The van der Waals surface area contributed by atoms with Gasteiger partial charge in [0.25, 0.3) is 0 Å². The van der Waals surface area contributed by atoms with E-state index in [0.717, 1.165) is 34.8 Å². The third kappa shape index (κ3) is 2.81. The summed E-state index contributed by atoms with van der Waals surface area (Å²) in [7, 11) is 2.07. The minimum Gasteiger partial charge on any atom is -0.397 e. The first-order valence-corrected chi connectivity index (χ1v) is 7.90. The Balaban J connectivity index is 2.30. The summed E-state index contributed by atoms with van der Waals surface area (Å²) in [5.74, 6) is 1.11. The second kappa shape index (κ2) is 5.74. The number of rotatable bonds is 5. The molecule has 1 unspecified atom stereocenters. The molecule has 1 aromatic carbocycles. The highest BCUT2D eigenvalue weighted by atomic mass is 32.2. The number of nitrogens with two attached hydrogens (primary N) is 1. The van der Waals surface area contributed by atoms with Crippen molar-refractivity contribution in [2.45, 2.75) is 25.8 Å². The van der Waals surface area contributed by atoms with Gasteiger partial charge >= 0.3 is 0 Å². The van der Waals surface area contributed by atoms with E-state index in [1.807, 2.05) is 23.9 Å². The van der Waals surface area contributed by atoms with Crippen LogP contribution in [-0.2, 0) is 11.2 Å². The Labute approximate surface area is 118 Å². The van der Waals surface area contributed by atoms with E-state index in [-0.39, 0.29) is 5.91 Å². The zero-order chi connectivity index (χ0) is 14.0. The molecule has 1 aliphatic rings. The van der Waals surface area contributed by atoms with Crippen molar-refractivity contribution < 1.29 is 4.79 Å². The molecule has 0 fully saturated rings. The number of carbonyl (C=O) groups is 1. The molecule has 1 aromatic rings. The summed E-state index contributed by atoms with van der Waals surface area (Å²) in [4.78, 5) is 13.6. The topological polar surface area (TPSA) is 58.4 Å². The van der Waals surface area contributed by atoms with Crippen molar-refractivity contribution in [3.63, 3.8) is 0 Å². The third-order valence-electron chi connectivity index (χ3n) is 3.64. The predicted octanol–water partition coefficient (Wildman–Crippen LogP) is 2.34. The molecule has 0 aromatic heterocycles. The summed E-state index contributed by atoms with van der Waals surface area (Å²) in [6.07, 6.45) is 3.62. The lowest BCUT2D eigenvalue weighted by Gasteiger charge is -2.30. The molecular formula is C14H21N3OS. The number of nitrogens with one attached hydrogen (secondary N) is 1. The zero-order valence-corrected chi connectivity index (χ0v) is 12.5. The van der Waals surface area contributed by atoms with Crippen LogP contribution in [0.4, 0.5) is 17.1 Å². The van der Waals surface area contributed by atoms with Gasteiger partial charge in [-0.25, -0.2) is 0 Å². The van der Waals surface area contributed by atoms with Crippen LogP contribution in [-0.4, -0.2) is 31.0 Å². The van der Waals surface area contributed by atoms with E-state index < -0.39 is 0 Å². The van der Waals surface area contributed by atoms with Crippen molar-refractivity contribution in [3.8, 4) is 0 Å². The van der Waals surface area contributed by atoms with Crippen LogP contribution in [0.2, 0.25) is 0 Å². The van der Waals surface area contributed by atoms with E-state index in [1.54, 1.807) is 0 Å². The number of hydrogen-bond acceptors (Lipinski definition) is 4. The number of benzene rings is 1.